The van der Waals surface area contributed by atoms with E-state index in [2.05, 4.69) is 38.8 Å². The molecule has 0 aromatic carbocycles. The summed E-state index contributed by atoms with van der Waals surface area (Å²) in [6.45, 7) is 4.12. The molecule has 3 saturated carbocycles. The monoisotopic (exact) mass is 366 g/mol. The predicted octanol–water partition coefficient (Wildman–Crippen LogP) is 3.04. The van der Waals surface area contributed by atoms with E-state index in [1.165, 1.54) is 0 Å². The van der Waals surface area contributed by atoms with E-state index in [1.807, 2.05) is 6.92 Å². The number of halogens is 2. The third-order valence-electron chi connectivity index (χ3n) is 5.68. The molecule has 6 atom stereocenters. The van der Waals surface area contributed by atoms with Crippen LogP contribution in [0, 0.1) is 23.2 Å². The van der Waals surface area contributed by atoms with Gasteiger partial charge in [-0.2, -0.15) is 0 Å². The highest BCUT2D eigenvalue weighted by molar-refractivity contribution is 9.25. The molecule has 2 nitrogen and oxygen atoms in total. The second kappa shape index (κ2) is 3.50. The minimum absolute atomic E-state index is 0.00345. The maximum Gasteiger partial charge on any atom is 0.0872 e. The predicted molar refractivity (Wildman–Crippen MR) is 74.3 cm³/mol. The summed E-state index contributed by atoms with van der Waals surface area (Å²) in [6, 6.07) is 0. The van der Waals surface area contributed by atoms with Gasteiger partial charge in [0.25, 0.3) is 0 Å². The topological polar surface area (TPSA) is 40.5 Å². The molecule has 0 bridgehead atoms. The second-order valence-corrected chi connectivity index (χ2v) is 10.4. The van der Waals surface area contributed by atoms with Gasteiger partial charge in [0.15, 0.2) is 0 Å². The Morgan fingerprint density at radius 2 is 1.76 bits per heavy atom. The van der Waals surface area contributed by atoms with Gasteiger partial charge < -0.3 is 10.2 Å². The van der Waals surface area contributed by atoms with E-state index in [0.29, 0.717) is 18.3 Å². The van der Waals surface area contributed by atoms with Gasteiger partial charge in [-0.15, -0.1) is 0 Å². The van der Waals surface area contributed by atoms with Crippen molar-refractivity contribution >= 4 is 31.9 Å². The number of hydrogen-bond donors (Lipinski definition) is 2. The summed E-state index contributed by atoms with van der Waals surface area (Å²) in [6.07, 6.45) is 3.35. The quantitative estimate of drug-likeness (QED) is 0.646. The van der Waals surface area contributed by atoms with Gasteiger partial charge in [-0.25, -0.2) is 0 Å². The van der Waals surface area contributed by atoms with E-state index in [1.54, 1.807) is 0 Å². The Bertz CT molecular complexity index is 355. The van der Waals surface area contributed by atoms with Crippen molar-refractivity contribution in [3.05, 3.63) is 0 Å². The van der Waals surface area contributed by atoms with E-state index in [9.17, 15) is 10.2 Å². The highest BCUT2D eigenvalue weighted by Gasteiger charge is 2.74. The Kier molecular flexibility index (Phi) is 2.65. The van der Waals surface area contributed by atoms with Crippen LogP contribution in [0.4, 0.5) is 0 Å². The first-order valence-corrected chi connectivity index (χ1v) is 8.08. The Morgan fingerprint density at radius 1 is 1.12 bits per heavy atom. The number of hydrogen-bond acceptors (Lipinski definition) is 2. The van der Waals surface area contributed by atoms with Crippen LogP contribution in [0.1, 0.15) is 39.5 Å². The van der Waals surface area contributed by atoms with Gasteiger partial charge in [0.2, 0.25) is 0 Å². The summed E-state index contributed by atoms with van der Waals surface area (Å²) in [5.74, 6) is 1.25. The van der Waals surface area contributed by atoms with Crippen molar-refractivity contribution in [1.29, 1.82) is 0 Å². The molecule has 3 rings (SSSR count). The maximum atomic E-state index is 10.7. The van der Waals surface area contributed by atoms with Crippen molar-refractivity contribution in [2.24, 2.45) is 23.2 Å². The molecule has 0 amide bonds. The van der Waals surface area contributed by atoms with E-state index >= 15 is 0 Å². The molecule has 3 fully saturated rings. The summed E-state index contributed by atoms with van der Waals surface area (Å²) < 4.78 is 0.00345. The number of aliphatic hydroxyl groups is 2. The van der Waals surface area contributed by atoms with Gasteiger partial charge in [-0.05, 0) is 49.9 Å². The molecular formula is C13H20Br2O2. The Labute approximate surface area is 119 Å². The lowest BCUT2D eigenvalue weighted by Gasteiger charge is -2.54. The first kappa shape index (κ1) is 12.9. The molecule has 2 N–H and O–H groups in total. The van der Waals surface area contributed by atoms with Crippen LogP contribution < -0.4 is 0 Å². The van der Waals surface area contributed by atoms with Crippen LogP contribution >= 0.6 is 31.9 Å². The molecule has 4 heteroatoms. The zero-order valence-electron chi connectivity index (χ0n) is 10.3. The van der Waals surface area contributed by atoms with Gasteiger partial charge in [-0.1, -0.05) is 38.8 Å². The van der Waals surface area contributed by atoms with Crippen LogP contribution in [-0.4, -0.2) is 25.2 Å². The lowest BCUT2D eigenvalue weighted by atomic mass is 9.54. The van der Waals surface area contributed by atoms with E-state index < -0.39 is 5.60 Å². The third kappa shape index (κ3) is 1.56. The van der Waals surface area contributed by atoms with Crippen molar-refractivity contribution in [2.75, 3.05) is 0 Å². The van der Waals surface area contributed by atoms with Crippen LogP contribution in [0.5, 0.6) is 0 Å². The Balaban J connectivity index is 2.01. The summed E-state index contributed by atoms with van der Waals surface area (Å²) in [7, 11) is 0. The number of alkyl halides is 2. The van der Waals surface area contributed by atoms with E-state index in [4.69, 9.17) is 0 Å². The van der Waals surface area contributed by atoms with Gasteiger partial charge in [0.05, 0.1) is 14.9 Å². The maximum absolute atomic E-state index is 10.7. The molecule has 0 unspecified atom stereocenters. The molecule has 0 aliphatic heterocycles. The van der Waals surface area contributed by atoms with Gasteiger partial charge >= 0.3 is 0 Å². The van der Waals surface area contributed by atoms with Crippen molar-refractivity contribution in [3.8, 4) is 0 Å². The van der Waals surface area contributed by atoms with E-state index in [0.717, 1.165) is 19.3 Å². The average molecular weight is 368 g/mol. The molecule has 3 aliphatic rings. The number of fused-ring (bicyclic) bond motifs is 3. The first-order valence-electron chi connectivity index (χ1n) is 6.49. The summed E-state index contributed by atoms with van der Waals surface area (Å²) in [5, 5.41) is 21.1. The fourth-order valence-electron chi connectivity index (χ4n) is 4.66. The van der Waals surface area contributed by atoms with Crippen molar-refractivity contribution in [2.45, 2.75) is 54.5 Å². The lowest BCUT2D eigenvalue weighted by Crippen LogP contribution is -2.57. The Morgan fingerprint density at radius 3 is 2.41 bits per heavy atom. The smallest absolute Gasteiger partial charge is 0.0872 e. The van der Waals surface area contributed by atoms with Crippen molar-refractivity contribution < 1.29 is 10.2 Å². The van der Waals surface area contributed by atoms with Crippen LogP contribution in [-0.2, 0) is 0 Å². The van der Waals surface area contributed by atoms with E-state index in [-0.39, 0.29) is 20.7 Å². The van der Waals surface area contributed by atoms with Crippen molar-refractivity contribution in [1.82, 2.24) is 0 Å². The molecule has 0 aromatic heterocycles. The molecule has 0 radical (unpaired) electrons. The Hall–Kier alpha value is 0.880. The molecule has 0 aromatic rings. The number of rotatable bonds is 0. The average Bonchev–Trinajstić information content (AvgIpc) is 2.75. The fourth-order valence-corrected chi connectivity index (χ4v) is 6.59. The highest BCUT2D eigenvalue weighted by atomic mass is 79.9. The van der Waals surface area contributed by atoms with Crippen LogP contribution in [0.25, 0.3) is 0 Å². The zero-order chi connectivity index (χ0) is 12.6. The third-order valence-corrected chi connectivity index (χ3v) is 7.92. The molecule has 17 heavy (non-hydrogen) atoms. The summed E-state index contributed by atoms with van der Waals surface area (Å²) >= 11 is 7.52. The summed E-state index contributed by atoms with van der Waals surface area (Å²) in [5.41, 5.74) is -0.757. The van der Waals surface area contributed by atoms with Gasteiger partial charge in [-0.3, -0.25) is 0 Å². The molecule has 98 valence electrons. The zero-order valence-corrected chi connectivity index (χ0v) is 13.5. The number of aliphatic hydroxyl groups excluding tert-OH is 1. The van der Waals surface area contributed by atoms with Crippen molar-refractivity contribution in [3.63, 3.8) is 0 Å². The standard InChI is InChI=1S/C13H20Br2O2/c1-11-5-3-7-9(13(7,14)15)10(11)12(2,17)6-4-8(11)16/h7-10,16-17H,3-6H2,1-2H3/t7-,8+,9-,10+,11-,12+/m1/s1. The van der Waals surface area contributed by atoms with Crippen LogP contribution in [0.2, 0.25) is 0 Å². The van der Waals surface area contributed by atoms with Gasteiger partial charge in [0.1, 0.15) is 0 Å². The molecule has 0 saturated heterocycles. The lowest BCUT2D eigenvalue weighted by molar-refractivity contribution is -0.171. The molecule has 0 heterocycles. The van der Waals surface area contributed by atoms with Crippen LogP contribution in [0.15, 0.2) is 0 Å². The first-order chi connectivity index (χ1) is 7.71. The highest BCUT2D eigenvalue weighted by Crippen LogP contribution is 2.75. The molecule has 0 spiro atoms. The molecule has 3 aliphatic carbocycles. The largest absolute Gasteiger partial charge is 0.393 e. The summed E-state index contributed by atoms with van der Waals surface area (Å²) in [4.78, 5) is 0. The minimum Gasteiger partial charge on any atom is -0.393 e. The van der Waals surface area contributed by atoms with Gasteiger partial charge in [0, 0.05) is 5.92 Å². The van der Waals surface area contributed by atoms with Crippen LogP contribution in [0.3, 0.4) is 0 Å². The normalized spacial score (nSPS) is 60.4. The SMILES string of the molecule is C[C@]12CC[C@@H]3[C@H]([C@@H]1[C@@](C)(O)CC[C@@H]2O)C3(Br)Br. The minimum atomic E-state index is -0.638. The second-order valence-electron chi connectivity index (χ2n) is 6.74. The fraction of sp³-hybridized carbons (Fsp3) is 1.00. The molecular weight excluding hydrogens is 348 g/mol.